The van der Waals surface area contributed by atoms with Crippen LogP contribution >= 0.6 is 0 Å². The Labute approximate surface area is 295 Å². The second-order valence-electron chi connectivity index (χ2n) is 12.9. The minimum Gasteiger partial charge on any atom is -0.456 e. The lowest BCUT2D eigenvalue weighted by atomic mass is 9.96. The number of nitrogens with zero attached hydrogens (tertiary/aromatic N) is 1. The van der Waals surface area contributed by atoms with Gasteiger partial charge in [-0.1, -0.05) is 127 Å². The van der Waals surface area contributed by atoms with Crippen LogP contribution in [0.2, 0.25) is 0 Å². The Morgan fingerprint density at radius 3 is 1.69 bits per heavy atom. The molecular weight excluding hydrogens is 623 g/mol. The van der Waals surface area contributed by atoms with E-state index in [0.717, 1.165) is 83.2 Å². The number of benzene rings is 8. The summed E-state index contributed by atoms with van der Waals surface area (Å²) in [6, 6.07) is 66.0. The van der Waals surface area contributed by atoms with Crippen molar-refractivity contribution in [2.24, 2.45) is 0 Å². The molecule has 0 aliphatic rings. The van der Waals surface area contributed by atoms with Crippen LogP contribution in [0, 0.1) is 0 Å². The lowest BCUT2D eigenvalue weighted by Gasteiger charge is -2.26. The quantitative estimate of drug-likeness (QED) is 0.179. The van der Waals surface area contributed by atoms with E-state index in [2.05, 4.69) is 175 Å². The Hall–Kier alpha value is -6.84. The van der Waals surface area contributed by atoms with Crippen LogP contribution in [0.4, 0.5) is 17.1 Å². The van der Waals surface area contributed by atoms with Crippen molar-refractivity contribution in [2.75, 3.05) is 4.90 Å². The molecule has 8 aromatic carbocycles. The molecule has 240 valence electrons. The van der Waals surface area contributed by atoms with Gasteiger partial charge in [0.05, 0.1) is 0 Å². The van der Waals surface area contributed by atoms with Gasteiger partial charge in [-0.25, -0.2) is 0 Å². The van der Waals surface area contributed by atoms with E-state index in [1.807, 2.05) is 18.2 Å². The van der Waals surface area contributed by atoms with E-state index in [1.165, 1.54) is 11.1 Å². The van der Waals surface area contributed by atoms with E-state index in [4.69, 9.17) is 8.83 Å². The number of para-hydroxylation sites is 2. The second kappa shape index (κ2) is 11.9. The molecule has 10 aromatic rings. The molecule has 0 fully saturated rings. The summed E-state index contributed by atoms with van der Waals surface area (Å²) in [4.78, 5) is 2.31. The molecule has 0 unspecified atom stereocenters. The summed E-state index contributed by atoms with van der Waals surface area (Å²) >= 11 is 0. The van der Waals surface area contributed by atoms with Gasteiger partial charge in [-0.3, -0.25) is 0 Å². The number of hydrogen-bond donors (Lipinski definition) is 0. The highest BCUT2D eigenvalue weighted by Gasteiger charge is 2.21. The molecular formula is C48H31NO2. The summed E-state index contributed by atoms with van der Waals surface area (Å²) in [5.41, 5.74) is 13.5. The molecule has 3 nitrogen and oxygen atoms in total. The van der Waals surface area contributed by atoms with Crippen molar-refractivity contribution >= 4 is 60.9 Å². The molecule has 3 heteroatoms. The van der Waals surface area contributed by atoms with Gasteiger partial charge in [-0.2, -0.15) is 0 Å². The van der Waals surface area contributed by atoms with Crippen molar-refractivity contribution in [2.45, 2.75) is 0 Å². The average molecular weight is 654 g/mol. The largest absolute Gasteiger partial charge is 0.456 e. The maximum Gasteiger partial charge on any atom is 0.144 e. The highest BCUT2D eigenvalue weighted by molar-refractivity contribution is 6.23. The zero-order valence-corrected chi connectivity index (χ0v) is 27.7. The SMILES string of the molecule is c1ccc(-c2ccc(N(c3ccccc3)c3cccc(-c4ccc5c(c4)oc4c(-c6ccccc6)c6c(cc45)oc4ccccc46)c3)cc2)cc1. The lowest BCUT2D eigenvalue weighted by Crippen LogP contribution is -2.09. The maximum atomic E-state index is 6.84. The lowest BCUT2D eigenvalue weighted by molar-refractivity contribution is 0.664. The zero-order valence-electron chi connectivity index (χ0n) is 27.7. The molecule has 0 amide bonds. The van der Waals surface area contributed by atoms with Crippen LogP contribution in [0.5, 0.6) is 0 Å². The van der Waals surface area contributed by atoms with Crippen molar-refractivity contribution in [3.05, 3.63) is 188 Å². The van der Waals surface area contributed by atoms with Crippen LogP contribution in [-0.4, -0.2) is 0 Å². The van der Waals surface area contributed by atoms with Crippen LogP contribution < -0.4 is 4.90 Å². The van der Waals surface area contributed by atoms with Gasteiger partial charge >= 0.3 is 0 Å². The van der Waals surface area contributed by atoms with Gasteiger partial charge < -0.3 is 13.7 Å². The minimum atomic E-state index is 0.846. The third-order valence-electron chi connectivity index (χ3n) is 9.85. The molecule has 0 aliphatic carbocycles. The minimum absolute atomic E-state index is 0.846. The van der Waals surface area contributed by atoms with Crippen LogP contribution in [-0.2, 0) is 0 Å². The smallest absolute Gasteiger partial charge is 0.144 e. The van der Waals surface area contributed by atoms with Crippen molar-refractivity contribution in [3.8, 4) is 33.4 Å². The van der Waals surface area contributed by atoms with Gasteiger partial charge in [0.25, 0.3) is 0 Å². The molecule has 0 spiro atoms. The Morgan fingerprint density at radius 2 is 0.902 bits per heavy atom. The Balaban J connectivity index is 1.10. The molecule has 2 aromatic heterocycles. The van der Waals surface area contributed by atoms with Crippen LogP contribution in [0.3, 0.4) is 0 Å². The molecule has 0 saturated carbocycles. The summed E-state index contributed by atoms with van der Waals surface area (Å²) in [6.45, 7) is 0. The molecule has 10 rings (SSSR count). The number of hydrogen-bond acceptors (Lipinski definition) is 3. The van der Waals surface area contributed by atoms with Gasteiger partial charge in [0.2, 0.25) is 0 Å². The molecule has 51 heavy (non-hydrogen) atoms. The number of furan rings is 2. The molecule has 0 saturated heterocycles. The highest BCUT2D eigenvalue weighted by atomic mass is 16.3. The molecule has 0 radical (unpaired) electrons. The summed E-state index contributed by atoms with van der Waals surface area (Å²) in [5, 5.41) is 4.27. The number of fused-ring (bicyclic) bond motifs is 6. The maximum absolute atomic E-state index is 6.84. The van der Waals surface area contributed by atoms with Crippen molar-refractivity contribution < 1.29 is 8.83 Å². The summed E-state index contributed by atoms with van der Waals surface area (Å²) in [7, 11) is 0. The van der Waals surface area contributed by atoms with E-state index in [-0.39, 0.29) is 0 Å². The van der Waals surface area contributed by atoms with Gasteiger partial charge in [0.15, 0.2) is 0 Å². The van der Waals surface area contributed by atoms with E-state index < -0.39 is 0 Å². The predicted molar refractivity (Wildman–Crippen MR) is 212 cm³/mol. The van der Waals surface area contributed by atoms with Gasteiger partial charge in [0.1, 0.15) is 22.3 Å². The van der Waals surface area contributed by atoms with E-state index in [1.54, 1.807) is 0 Å². The normalized spacial score (nSPS) is 11.5. The molecule has 2 heterocycles. The van der Waals surface area contributed by atoms with Crippen molar-refractivity contribution in [1.82, 2.24) is 0 Å². The number of anilines is 3. The highest BCUT2D eigenvalue weighted by Crippen LogP contribution is 2.45. The Morgan fingerprint density at radius 1 is 0.314 bits per heavy atom. The average Bonchev–Trinajstić information content (AvgIpc) is 3.76. The summed E-state index contributed by atoms with van der Waals surface area (Å²) in [5.74, 6) is 0. The van der Waals surface area contributed by atoms with Crippen molar-refractivity contribution in [1.29, 1.82) is 0 Å². The number of rotatable bonds is 6. The molecule has 0 bridgehead atoms. The summed E-state index contributed by atoms with van der Waals surface area (Å²) < 4.78 is 13.3. The Bertz CT molecular complexity index is 2830. The van der Waals surface area contributed by atoms with Crippen LogP contribution in [0.25, 0.3) is 77.3 Å². The first-order valence-electron chi connectivity index (χ1n) is 17.3. The van der Waals surface area contributed by atoms with E-state index in [9.17, 15) is 0 Å². The van der Waals surface area contributed by atoms with Gasteiger partial charge in [-0.15, -0.1) is 0 Å². The zero-order chi connectivity index (χ0) is 33.7. The Kier molecular flexibility index (Phi) is 6.81. The van der Waals surface area contributed by atoms with E-state index >= 15 is 0 Å². The fourth-order valence-corrected chi connectivity index (χ4v) is 7.46. The third-order valence-corrected chi connectivity index (χ3v) is 9.85. The molecule has 0 aliphatic heterocycles. The topological polar surface area (TPSA) is 29.5 Å². The second-order valence-corrected chi connectivity index (χ2v) is 12.9. The predicted octanol–water partition coefficient (Wildman–Crippen LogP) is 14.0. The fraction of sp³-hybridized carbons (Fsp3) is 0. The van der Waals surface area contributed by atoms with Crippen LogP contribution in [0.15, 0.2) is 197 Å². The first-order valence-corrected chi connectivity index (χ1v) is 17.3. The first kappa shape index (κ1) is 29.1. The van der Waals surface area contributed by atoms with Gasteiger partial charge in [-0.05, 0) is 88.5 Å². The van der Waals surface area contributed by atoms with Crippen molar-refractivity contribution in [3.63, 3.8) is 0 Å². The first-order chi connectivity index (χ1) is 25.3. The monoisotopic (exact) mass is 653 g/mol. The third kappa shape index (κ3) is 4.98. The van der Waals surface area contributed by atoms with Gasteiger partial charge in [0, 0.05) is 44.2 Å². The molecule has 0 N–H and O–H groups in total. The van der Waals surface area contributed by atoms with Crippen LogP contribution in [0.1, 0.15) is 0 Å². The standard InChI is InChI=1S/C48H31NO2/c1-4-13-32(14-5-1)33-23-26-38(27-24-33)49(37-18-8-3-9-19-37)39-20-12-17-35(29-39)36-25-28-40-42-31-45-47(41-21-10-11-22-43(41)50-45)46(34-15-6-2-7-16-34)48(42)51-44(40)30-36/h1-31H. The summed E-state index contributed by atoms with van der Waals surface area (Å²) in [6.07, 6.45) is 0. The van der Waals surface area contributed by atoms with E-state index in [0.29, 0.717) is 0 Å². The fourth-order valence-electron chi connectivity index (χ4n) is 7.46. The molecule has 0 atom stereocenters.